The molecule has 0 aliphatic heterocycles. The SMILES string of the molecule is C=CCN(CC(=O)Nc1ccccc1C(C)(C)C)S(=O)(=O)c1cccs1. The summed E-state index contributed by atoms with van der Waals surface area (Å²) in [6.45, 7) is 9.57. The Hall–Kier alpha value is -1.96. The van der Waals surface area contributed by atoms with E-state index in [1.54, 1.807) is 11.4 Å². The number of nitrogens with one attached hydrogen (secondary N) is 1. The van der Waals surface area contributed by atoms with Gasteiger partial charge in [0, 0.05) is 12.2 Å². The fourth-order valence-electron chi connectivity index (χ4n) is 2.53. The molecule has 140 valence electrons. The first-order valence-electron chi connectivity index (χ1n) is 8.20. The molecule has 0 radical (unpaired) electrons. The number of hydrogen-bond acceptors (Lipinski definition) is 4. The molecule has 26 heavy (non-hydrogen) atoms. The summed E-state index contributed by atoms with van der Waals surface area (Å²) in [6.07, 6.45) is 1.47. The minimum absolute atomic E-state index is 0.0641. The lowest BCUT2D eigenvalue weighted by molar-refractivity contribution is -0.116. The Balaban J connectivity index is 2.21. The molecular weight excluding hydrogens is 368 g/mol. The summed E-state index contributed by atoms with van der Waals surface area (Å²) >= 11 is 1.13. The van der Waals surface area contributed by atoms with Crippen LogP contribution in [0.3, 0.4) is 0 Å². The van der Waals surface area contributed by atoms with Crippen molar-refractivity contribution in [2.24, 2.45) is 0 Å². The van der Waals surface area contributed by atoms with Crippen LogP contribution in [0.4, 0.5) is 5.69 Å². The average Bonchev–Trinajstić information content (AvgIpc) is 3.09. The van der Waals surface area contributed by atoms with Crippen molar-refractivity contribution < 1.29 is 13.2 Å². The number of hydrogen-bond donors (Lipinski definition) is 1. The number of carbonyl (C=O) groups excluding carboxylic acids is 1. The molecule has 7 heteroatoms. The second-order valence-electron chi connectivity index (χ2n) is 6.86. The van der Waals surface area contributed by atoms with Gasteiger partial charge in [0.2, 0.25) is 5.91 Å². The van der Waals surface area contributed by atoms with Gasteiger partial charge >= 0.3 is 0 Å². The minimum atomic E-state index is -3.73. The fraction of sp³-hybridized carbons (Fsp3) is 0.316. The monoisotopic (exact) mass is 392 g/mol. The van der Waals surface area contributed by atoms with Crippen LogP contribution in [-0.2, 0) is 20.2 Å². The third-order valence-corrected chi connectivity index (χ3v) is 6.94. The summed E-state index contributed by atoms with van der Waals surface area (Å²) in [6, 6.07) is 10.7. The second kappa shape index (κ2) is 8.16. The van der Waals surface area contributed by atoms with Crippen LogP contribution >= 0.6 is 11.3 Å². The highest BCUT2D eigenvalue weighted by molar-refractivity contribution is 7.91. The first-order chi connectivity index (χ1) is 12.2. The van der Waals surface area contributed by atoms with Gasteiger partial charge < -0.3 is 5.32 Å². The van der Waals surface area contributed by atoms with Crippen LogP contribution in [0.15, 0.2) is 58.6 Å². The standard InChI is InChI=1S/C19H24N2O3S2/c1-5-12-21(26(23,24)18-11-8-13-25-18)14-17(22)20-16-10-7-6-9-15(16)19(2,3)4/h5-11,13H,1,12,14H2,2-4H3,(H,20,22). The van der Waals surface area contributed by atoms with Crippen molar-refractivity contribution in [3.8, 4) is 0 Å². The van der Waals surface area contributed by atoms with E-state index in [9.17, 15) is 13.2 Å². The zero-order chi connectivity index (χ0) is 19.4. The van der Waals surface area contributed by atoms with Crippen molar-refractivity contribution in [1.29, 1.82) is 0 Å². The maximum atomic E-state index is 12.7. The smallest absolute Gasteiger partial charge is 0.253 e. The summed E-state index contributed by atoms with van der Waals surface area (Å²) in [7, 11) is -3.73. The van der Waals surface area contributed by atoms with E-state index in [4.69, 9.17) is 0 Å². The summed E-state index contributed by atoms with van der Waals surface area (Å²) in [4.78, 5) is 12.5. The quantitative estimate of drug-likeness (QED) is 0.728. The van der Waals surface area contributed by atoms with Crippen molar-refractivity contribution >= 4 is 33.0 Å². The molecular formula is C19H24N2O3S2. The molecule has 0 fully saturated rings. The Bertz CT molecular complexity index is 866. The van der Waals surface area contributed by atoms with Crippen molar-refractivity contribution in [2.75, 3.05) is 18.4 Å². The van der Waals surface area contributed by atoms with Gasteiger partial charge in [-0.1, -0.05) is 51.1 Å². The Kier molecular flexibility index (Phi) is 6.39. The number of thiophene rings is 1. The number of benzene rings is 1. The molecule has 1 aromatic heterocycles. The highest BCUT2D eigenvalue weighted by Crippen LogP contribution is 2.29. The Morgan fingerprint density at radius 2 is 1.92 bits per heavy atom. The zero-order valence-electron chi connectivity index (χ0n) is 15.2. The lowest BCUT2D eigenvalue weighted by Crippen LogP contribution is -2.38. The van der Waals surface area contributed by atoms with Gasteiger partial charge in [-0.2, -0.15) is 4.31 Å². The van der Waals surface area contributed by atoms with E-state index in [1.165, 1.54) is 12.1 Å². The first-order valence-corrected chi connectivity index (χ1v) is 10.5. The first kappa shape index (κ1) is 20.4. The lowest BCUT2D eigenvalue weighted by atomic mass is 9.86. The third kappa shape index (κ3) is 4.81. The molecule has 1 amide bonds. The predicted octanol–water partition coefficient (Wildman–Crippen LogP) is 3.86. The summed E-state index contributed by atoms with van der Waals surface area (Å²) in [5.41, 5.74) is 1.54. The van der Waals surface area contributed by atoms with Crippen molar-refractivity contribution in [2.45, 2.75) is 30.4 Å². The highest BCUT2D eigenvalue weighted by Gasteiger charge is 2.27. The third-order valence-electron chi connectivity index (χ3n) is 3.75. The zero-order valence-corrected chi connectivity index (χ0v) is 16.9. The number of nitrogens with zero attached hydrogens (tertiary/aromatic N) is 1. The molecule has 0 saturated heterocycles. The van der Waals surface area contributed by atoms with Crippen LogP contribution in [0.5, 0.6) is 0 Å². The Labute approximate surface area is 159 Å². The molecule has 1 heterocycles. The van der Waals surface area contributed by atoms with E-state index in [0.29, 0.717) is 5.69 Å². The van der Waals surface area contributed by atoms with Gasteiger partial charge in [0.05, 0.1) is 6.54 Å². The topological polar surface area (TPSA) is 66.5 Å². The number of carbonyl (C=O) groups is 1. The van der Waals surface area contributed by atoms with Crippen molar-refractivity contribution in [1.82, 2.24) is 4.31 Å². The van der Waals surface area contributed by atoms with Gasteiger partial charge in [-0.15, -0.1) is 17.9 Å². The molecule has 0 aliphatic rings. The van der Waals surface area contributed by atoms with E-state index in [0.717, 1.165) is 21.2 Å². The Morgan fingerprint density at radius 3 is 2.50 bits per heavy atom. The van der Waals surface area contributed by atoms with E-state index in [2.05, 4.69) is 32.7 Å². The van der Waals surface area contributed by atoms with Gasteiger partial charge in [0.25, 0.3) is 10.0 Å². The number of para-hydroxylation sites is 1. The van der Waals surface area contributed by atoms with Gasteiger partial charge in [-0.05, 0) is 28.5 Å². The largest absolute Gasteiger partial charge is 0.325 e. The number of rotatable bonds is 7. The van der Waals surface area contributed by atoms with E-state index in [1.807, 2.05) is 24.3 Å². The van der Waals surface area contributed by atoms with E-state index >= 15 is 0 Å². The van der Waals surface area contributed by atoms with Crippen LogP contribution in [0.25, 0.3) is 0 Å². The van der Waals surface area contributed by atoms with Crippen molar-refractivity contribution in [3.63, 3.8) is 0 Å². The molecule has 0 spiro atoms. The van der Waals surface area contributed by atoms with Crippen LogP contribution in [-0.4, -0.2) is 31.7 Å². The summed E-state index contributed by atoms with van der Waals surface area (Å²) in [5.74, 6) is -0.385. The Morgan fingerprint density at radius 1 is 1.23 bits per heavy atom. The molecule has 0 atom stereocenters. The molecule has 2 rings (SSSR count). The molecule has 2 aromatic rings. The van der Waals surface area contributed by atoms with Crippen LogP contribution in [0, 0.1) is 0 Å². The van der Waals surface area contributed by atoms with Crippen LogP contribution in [0.2, 0.25) is 0 Å². The fourth-order valence-corrected chi connectivity index (χ4v) is 5.04. The maximum Gasteiger partial charge on any atom is 0.253 e. The highest BCUT2D eigenvalue weighted by atomic mass is 32.2. The normalized spacial score (nSPS) is 12.2. The average molecular weight is 393 g/mol. The number of anilines is 1. The molecule has 0 unspecified atom stereocenters. The number of amides is 1. The van der Waals surface area contributed by atoms with Crippen LogP contribution in [0.1, 0.15) is 26.3 Å². The minimum Gasteiger partial charge on any atom is -0.325 e. The van der Waals surface area contributed by atoms with Crippen molar-refractivity contribution in [3.05, 3.63) is 60.0 Å². The van der Waals surface area contributed by atoms with Crippen LogP contribution < -0.4 is 5.32 Å². The number of sulfonamides is 1. The van der Waals surface area contributed by atoms with E-state index < -0.39 is 10.0 Å². The van der Waals surface area contributed by atoms with Gasteiger partial charge in [-0.25, -0.2) is 8.42 Å². The molecule has 0 aliphatic carbocycles. The predicted molar refractivity (Wildman–Crippen MR) is 107 cm³/mol. The summed E-state index contributed by atoms with van der Waals surface area (Å²) < 4.78 is 26.7. The maximum absolute atomic E-state index is 12.7. The lowest BCUT2D eigenvalue weighted by Gasteiger charge is -2.24. The molecule has 0 bridgehead atoms. The molecule has 5 nitrogen and oxygen atoms in total. The van der Waals surface area contributed by atoms with Gasteiger partial charge in [0.15, 0.2) is 0 Å². The summed E-state index contributed by atoms with van der Waals surface area (Å²) in [5, 5.41) is 4.54. The van der Waals surface area contributed by atoms with Gasteiger partial charge in [0.1, 0.15) is 4.21 Å². The van der Waals surface area contributed by atoms with E-state index in [-0.39, 0.29) is 28.6 Å². The second-order valence-corrected chi connectivity index (χ2v) is 9.97. The molecule has 1 N–H and O–H groups in total. The molecule has 1 aromatic carbocycles. The van der Waals surface area contributed by atoms with Gasteiger partial charge in [-0.3, -0.25) is 4.79 Å². The molecule has 0 saturated carbocycles.